The summed E-state index contributed by atoms with van der Waals surface area (Å²) in [5.41, 5.74) is 14.6. The van der Waals surface area contributed by atoms with Crippen LogP contribution < -0.4 is 16.4 Å². The van der Waals surface area contributed by atoms with Crippen molar-refractivity contribution in [1.82, 2.24) is 19.9 Å². The van der Waals surface area contributed by atoms with Gasteiger partial charge in [-0.05, 0) is 42.4 Å². The highest BCUT2D eigenvalue weighted by molar-refractivity contribution is 7.99. The lowest BCUT2D eigenvalue weighted by atomic mass is 9.73. The minimum absolute atomic E-state index is 0.0379. The van der Waals surface area contributed by atoms with E-state index >= 15 is 0 Å². The second kappa shape index (κ2) is 7.48. The Labute approximate surface area is 178 Å². The molecule has 4 heterocycles. The van der Waals surface area contributed by atoms with E-state index in [-0.39, 0.29) is 17.3 Å². The number of halogens is 1. The van der Waals surface area contributed by atoms with Crippen LogP contribution in [0.1, 0.15) is 30.1 Å². The fourth-order valence-electron chi connectivity index (χ4n) is 4.48. The van der Waals surface area contributed by atoms with Gasteiger partial charge in [0, 0.05) is 37.2 Å². The molecule has 4 N–H and O–H groups in total. The Bertz CT molecular complexity index is 1070. The zero-order valence-corrected chi connectivity index (χ0v) is 17.1. The lowest BCUT2D eigenvalue weighted by Gasteiger charge is -2.42. The number of hydrogen-bond acceptors (Lipinski definition) is 8. The maximum absolute atomic E-state index is 14.1. The van der Waals surface area contributed by atoms with E-state index in [4.69, 9.17) is 11.5 Å². The van der Waals surface area contributed by atoms with Crippen molar-refractivity contribution in [3.8, 4) is 0 Å². The van der Waals surface area contributed by atoms with Crippen molar-refractivity contribution in [3.05, 3.63) is 60.1 Å². The highest BCUT2D eigenvalue weighted by Gasteiger charge is 2.46. The van der Waals surface area contributed by atoms with Gasteiger partial charge < -0.3 is 16.4 Å². The van der Waals surface area contributed by atoms with Gasteiger partial charge in [-0.15, -0.1) is 0 Å². The van der Waals surface area contributed by atoms with Crippen LogP contribution in [0.25, 0.3) is 0 Å². The minimum Gasteiger partial charge on any atom is -0.381 e. The molecule has 0 bridgehead atoms. The Kier molecular flexibility index (Phi) is 4.79. The number of anilines is 2. The molecule has 2 aliphatic rings. The lowest BCUT2D eigenvalue weighted by molar-refractivity contribution is 0.186. The summed E-state index contributed by atoms with van der Waals surface area (Å²) in [7, 11) is 0. The first kappa shape index (κ1) is 19.2. The number of nitrogens with two attached hydrogens (primary N) is 2. The van der Waals surface area contributed by atoms with Crippen LogP contribution in [0.15, 0.2) is 52.9 Å². The Morgan fingerprint density at radius 2 is 1.90 bits per heavy atom. The SMILES string of the molecule is Nc1nccc(Sc2cnc(N3CCC4(CC3)Cc3ncccc3[C@H]4N)cn2)c1F. The molecular formula is C21H22FN7S. The molecule has 0 unspecified atom stereocenters. The zero-order chi connectivity index (χ0) is 20.7. The molecule has 1 spiro atoms. The fraction of sp³-hybridized carbons (Fsp3) is 0.333. The van der Waals surface area contributed by atoms with Crippen LogP contribution in [-0.2, 0) is 6.42 Å². The van der Waals surface area contributed by atoms with Gasteiger partial charge in [0.25, 0.3) is 0 Å². The average molecular weight is 424 g/mol. The third kappa shape index (κ3) is 3.27. The van der Waals surface area contributed by atoms with Crippen molar-refractivity contribution in [1.29, 1.82) is 0 Å². The normalized spacial score (nSPS) is 19.8. The summed E-state index contributed by atoms with van der Waals surface area (Å²) in [5, 5.41) is 0.607. The molecule has 5 rings (SSSR count). The third-order valence-electron chi connectivity index (χ3n) is 6.23. The first-order valence-electron chi connectivity index (χ1n) is 9.90. The van der Waals surface area contributed by atoms with Crippen molar-refractivity contribution in [3.63, 3.8) is 0 Å². The molecule has 1 atom stereocenters. The van der Waals surface area contributed by atoms with Crippen LogP contribution in [-0.4, -0.2) is 33.0 Å². The van der Waals surface area contributed by atoms with Gasteiger partial charge in [-0.1, -0.05) is 17.8 Å². The van der Waals surface area contributed by atoms with E-state index in [1.165, 1.54) is 23.5 Å². The van der Waals surface area contributed by atoms with E-state index in [9.17, 15) is 4.39 Å². The molecule has 0 amide bonds. The van der Waals surface area contributed by atoms with Gasteiger partial charge in [-0.3, -0.25) is 4.98 Å². The van der Waals surface area contributed by atoms with E-state index in [1.807, 2.05) is 12.3 Å². The van der Waals surface area contributed by atoms with E-state index in [0.717, 1.165) is 43.9 Å². The van der Waals surface area contributed by atoms with Gasteiger partial charge in [0.05, 0.1) is 17.3 Å². The number of pyridine rings is 2. The summed E-state index contributed by atoms with van der Waals surface area (Å²) in [6.45, 7) is 1.75. The number of nitrogens with zero attached hydrogens (tertiary/aromatic N) is 5. The summed E-state index contributed by atoms with van der Waals surface area (Å²) in [4.78, 5) is 19.9. The van der Waals surface area contributed by atoms with E-state index in [2.05, 4.69) is 30.9 Å². The molecule has 1 aliphatic heterocycles. The monoisotopic (exact) mass is 423 g/mol. The van der Waals surface area contributed by atoms with Gasteiger partial charge in [0.1, 0.15) is 10.8 Å². The predicted molar refractivity (Wildman–Crippen MR) is 114 cm³/mol. The quantitative estimate of drug-likeness (QED) is 0.662. The van der Waals surface area contributed by atoms with Crippen molar-refractivity contribution in [2.45, 2.75) is 35.2 Å². The van der Waals surface area contributed by atoms with Crippen LogP contribution in [0.2, 0.25) is 0 Å². The molecule has 1 aliphatic carbocycles. The second-order valence-electron chi connectivity index (χ2n) is 7.87. The fourth-order valence-corrected chi connectivity index (χ4v) is 5.24. The second-order valence-corrected chi connectivity index (χ2v) is 8.93. The van der Waals surface area contributed by atoms with Gasteiger partial charge in [-0.25, -0.2) is 19.3 Å². The molecule has 9 heteroatoms. The van der Waals surface area contributed by atoms with Crippen LogP contribution in [0.5, 0.6) is 0 Å². The summed E-state index contributed by atoms with van der Waals surface area (Å²) < 4.78 is 14.1. The van der Waals surface area contributed by atoms with E-state index in [1.54, 1.807) is 18.5 Å². The molecular weight excluding hydrogens is 401 g/mol. The third-order valence-corrected chi connectivity index (χ3v) is 7.19. The zero-order valence-electron chi connectivity index (χ0n) is 16.3. The van der Waals surface area contributed by atoms with Crippen molar-refractivity contribution >= 4 is 23.4 Å². The van der Waals surface area contributed by atoms with Gasteiger partial charge in [-0.2, -0.15) is 0 Å². The highest BCUT2D eigenvalue weighted by atomic mass is 32.2. The number of piperidine rings is 1. The number of nitrogen functional groups attached to an aromatic ring is 1. The van der Waals surface area contributed by atoms with Crippen molar-refractivity contribution in [2.75, 3.05) is 23.7 Å². The largest absolute Gasteiger partial charge is 0.381 e. The van der Waals surface area contributed by atoms with Crippen LogP contribution in [0.3, 0.4) is 0 Å². The standard InChI is InChI=1S/C21H22FN7S/c22-18-15(3-7-26-20(18)24)30-17-12-27-16(11-28-17)29-8-4-21(5-9-29)10-14-13(19(21)23)2-1-6-25-14/h1-3,6-7,11-12,19H,4-5,8-10,23H2,(H2,24,26)/t19-/m1/s1. The van der Waals surface area contributed by atoms with Gasteiger partial charge >= 0.3 is 0 Å². The lowest BCUT2D eigenvalue weighted by Crippen LogP contribution is -2.44. The summed E-state index contributed by atoms with van der Waals surface area (Å²) in [5.74, 6) is 0.179. The van der Waals surface area contributed by atoms with Crippen LogP contribution in [0.4, 0.5) is 16.0 Å². The van der Waals surface area contributed by atoms with Gasteiger partial charge in [0.15, 0.2) is 11.6 Å². The first-order chi connectivity index (χ1) is 14.6. The molecule has 154 valence electrons. The topological polar surface area (TPSA) is 107 Å². The Hall–Kier alpha value is -2.78. The maximum atomic E-state index is 14.1. The Morgan fingerprint density at radius 1 is 1.07 bits per heavy atom. The summed E-state index contributed by atoms with van der Waals surface area (Å²) in [6.07, 6.45) is 9.67. The van der Waals surface area contributed by atoms with Crippen LogP contribution >= 0.6 is 11.8 Å². The Balaban J connectivity index is 1.26. The predicted octanol–water partition coefficient (Wildman–Crippen LogP) is 2.98. The van der Waals surface area contributed by atoms with E-state index < -0.39 is 5.82 Å². The van der Waals surface area contributed by atoms with Crippen molar-refractivity contribution in [2.24, 2.45) is 11.1 Å². The molecule has 1 fully saturated rings. The number of aromatic nitrogens is 4. The Morgan fingerprint density at radius 3 is 2.63 bits per heavy atom. The number of fused-ring (bicyclic) bond motifs is 1. The molecule has 3 aromatic rings. The maximum Gasteiger partial charge on any atom is 0.179 e. The number of hydrogen-bond donors (Lipinski definition) is 2. The molecule has 0 aromatic carbocycles. The van der Waals surface area contributed by atoms with Crippen molar-refractivity contribution < 1.29 is 4.39 Å². The molecule has 30 heavy (non-hydrogen) atoms. The first-order valence-corrected chi connectivity index (χ1v) is 10.7. The number of rotatable bonds is 3. The molecule has 3 aromatic heterocycles. The van der Waals surface area contributed by atoms with Gasteiger partial charge in [0.2, 0.25) is 0 Å². The van der Waals surface area contributed by atoms with E-state index in [0.29, 0.717) is 9.92 Å². The van der Waals surface area contributed by atoms with Crippen LogP contribution in [0, 0.1) is 11.2 Å². The minimum atomic E-state index is -0.530. The average Bonchev–Trinajstić information content (AvgIpc) is 3.04. The smallest absolute Gasteiger partial charge is 0.179 e. The molecule has 1 saturated heterocycles. The highest BCUT2D eigenvalue weighted by Crippen LogP contribution is 2.50. The molecule has 0 radical (unpaired) electrons. The summed E-state index contributed by atoms with van der Waals surface area (Å²) >= 11 is 1.18. The summed E-state index contributed by atoms with van der Waals surface area (Å²) in [6, 6.07) is 5.69. The molecule has 7 nitrogen and oxygen atoms in total. The molecule has 0 saturated carbocycles.